The average molecular weight is 720 g/mol. The Morgan fingerprint density at radius 3 is 2.38 bits per heavy atom. The largest absolute Gasteiger partial charge is 0.508 e. The van der Waals surface area contributed by atoms with Gasteiger partial charge in [0, 0.05) is 51.0 Å². The van der Waals surface area contributed by atoms with E-state index in [2.05, 4.69) is 29.8 Å². The summed E-state index contributed by atoms with van der Waals surface area (Å²) in [7, 11) is 4.61. The highest BCUT2D eigenvalue weighted by Crippen LogP contribution is 2.41. The van der Waals surface area contributed by atoms with Crippen molar-refractivity contribution in [2.75, 3.05) is 58.9 Å². The molecule has 11 nitrogen and oxygen atoms in total. The lowest BCUT2D eigenvalue weighted by molar-refractivity contribution is 0.108. The number of amides is 1. The first-order valence-electron chi connectivity index (χ1n) is 18.6. The number of nitrogens with zero attached hydrogens (tertiary/aromatic N) is 6. The van der Waals surface area contributed by atoms with Crippen LogP contribution in [0.1, 0.15) is 64.9 Å². The van der Waals surface area contributed by atoms with Crippen LogP contribution < -0.4 is 15.0 Å². The third kappa shape index (κ3) is 7.17. The minimum absolute atomic E-state index is 0.00428. The zero-order valence-corrected chi connectivity index (χ0v) is 31.1. The molecule has 52 heavy (non-hydrogen) atoms. The van der Waals surface area contributed by atoms with Gasteiger partial charge in [0.2, 0.25) is 0 Å². The molecule has 6 heterocycles. The number of nitrogens with one attached hydrogen (secondary N) is 1. The minimum atomic E-state index is -0.635. The summed E-state index contributed by atoms with van der Waals surface area (Å²) in [5.41, 5.74) is 0.917. The van der Waals surface area contributed by atoms with Crippen molar-refractivity contribution in [1.82, 2.24) is 30.1 Å². The Hall–Kier alpha value is -4.36. The molecule has 4 aromatic rings. The van der Waals surface area contributed by atoms with Gasteiger partial charge in [0.05, 0.1) is 18.0 Å². The first-order chi connectivity index (χ1) is 25.1. The fourth-order valence-electron chi connectivity index (χ4n) is 8.36. The third-order valence-corrected chi connectivity index (χ3v) is 10.7. The molecule has 2 aromatic carbocycles. The number of hydrogen-bond acceptors (Lipinski definition) is 10. The Bertz CT molecular complexity index is 1900. The molecule has 4 aliphatic rings. The third-order valence-electron chi connectivity index (χ3n) is 10.7. The van der Waals surface area contributed by atoms with Crippen molar-refractivity contribution in [2.45, 2.75) is 83.3 Å². The van der Waals surface area contributed by atoms with Gasteiger partial charge in [-0.1, -0.05) is 26.8 Å². The summed E-state index contributed by atoms with van der Waals surface area (Å²) >= 11 is 0. The van der Waals surface area contributed by atoms with Crippen molar-refractivity contribution in [2.24, 2.45) is 0 Å². The number of hydrogen-bond donors (Lipinski definition) is 2. The fraction of sp³-hybridized carbons (Fsp3) is 0.538. The van der Waals surface area contributed by atoms with Crippen LogP contribution in [-0.2, 0) is 11.2 Å². The second-order valence-corrected chi connectivity index (χ2v) is 14.1. The SMILES string of the molecule is CC.CCc1c(F)ccc2cc(O)cc(-c3ncc4c(N5CC6CCC(C5)N6)nc(OCC56CCCN5CCC6)nc4c3F)c12.COC(=O)N(C)C. The number of phenolic OH excluding ortho intramolecular Hbond substituents is 1. The minimum Gasteiger partial charge on any atom is -0.508 e. The summed E-state index contributed by atoms with van der Waals surface area (Å²) in [5, 5.41) is 15.9. The Balaban J connectivity index is 0.000000465. The predicted octanol–water partition coefficient (Wildman–Crippen LogP) is 6.68. The summed E-state index contributed by atoms with van der Waals surface area (Å²) in [5.74, 6) is -0.421. The van der Waals surface area contributed by atoms with Crippen LogP contribution in [0.25, 0.3) is 32.9 Å². The number of carbonyl (C=O) groups excluding carboxylic acids is 1. The number of aryl methyl sites for hydroxylation is 1. The Morgan fingerprint density at radius 1 is 1.08 bits per heavy atom. The number of rotatable bonds is 6. The van der Waals surface area contributed by atoms with Gasteiger partial charge in [-0.15, -0.1) is 0 Å². The number of anilines is 1. The van der Waals surface area contributed by atoms with Gasteiger partial charge in [-0.25, -0.2) is 13.6 Å². The molecule has 2 aromatic heterocycles. The summed E-state index contributed by atoms with van der Waals surface area (Å²) < 4.78 is 42.4. The van der Waals surface area contributed by atoms with E-state index in [0.717, 1.165) is 64.7 Å². The van der Waals surface area contributed by atoms with Crippen molar-refractivity contribution < 1.29 is 28.2 Å². The van der Waals surface area contributed by atoms with Crippen LogP contribution in [0.2, 0.25) is 0 Å². The van der Waals surface area contributed by atoms with Crippen LogP contribution in [0.3, 0.4) is 0 Å². The Kier molecular flexibility index (Phi) is 11.3. The van der Waals surface area contributed by atoms with E-state index in [1.807, 2.05) is 20.8 Å². The maximum atomic E-state index is 16.8. The number of aromatic nitrogens is 3. The van der Waals surface area contributed by atoms with E-state index in [1.54, 1.807) is 32.4 Å². The highest BCUT2D eigenvalue weighted by Gasteiger charge is 2.45. The number of fused-ring (bicyclic) bond motifs is 5. The van der Waals surface area contributed by atoms with Gasteiger partial charge in [0.15, 0.2) is 5.82 Å². The molecule has 0 saturated carbocycles. The lowest BCUT2D eigenvalue weighted by Gasteiger charge is -2.34. The first-order valence-corrected chi connectivity index (χ1v) is 18.6. The van der Waals surface area contributed by atoms with Crippen molar-refractivity contribution in [1.29, 1.82) is 0 Å². The molecule has 2 atom stereocenters. The molecule has 0 aliphatic carbocycles. The Morgan fingerprint density at radius 2 is 1.77 bits per heavy atom. The maximum absolute atomic E-state index is 16.8. The topological polar surface area (TPSA) is 116 Å². The van der Waals surface area contributed by atoms with E-state index >= 15 is 4.39 Å². The molecular weight excluding hydrogens is 668 g/mol. The van der Waals surface area contributed by atoms with Crippen molar-refractivity contribution in [3.63, 3.8) is 0 Å². The number of piperazine rings is 1. The monoisotopic (exact) mass is 719 g/mol. The number of ether oxygens (including phenoxy) is 2. The smallest absolute Gasteiger partial charge is 0.408 e. The van der Waals surface area contributed by atoms with E-state index in [0.29, 0.717) is 58.2 Å². The molecular formula is C39H51F2N7O4. The molecule has 4 aliphatic heterocycles. The quantitative estimate of drug-likeness (QED) is 0.224. The predicted molar refractivity (Wildman–Crippen MR) is 199 cm³/mol. The average Bonchev–Trinajstić information content (AvgIpc) is 3.84. The van der Waals surface area contributed by atoms with Gasteiger partial charge in [0.1, 0.15) is 35.2 Å². The van der Waals surface area contributed by atoms with Gasteiger partial charge in [-0.05, 0) is 92.6 Å². The van der Waals surface area contributed by atoms with Crippen LogP contribution in [0.5, 0.6) is 11.8 Å². The molecule has 8 rings (SSSR count). The van der Waals surface area contributed by atoms with E-state index in [9.17, 15) is 14.3 Å². The molecule has 2 bridgehead atoms. The van der Waals surface area contributed by atoms with Crippen LogP contribution in [0.4, 0.5) is 19.4 Å². The molecule has 0 spiro atoms. The van der Waals surface area contributed by atoms with Crippen LogP contribution in [0.15, 0.2) is 30.5 Å². The second kappa shape index (κ2) is 15.7. The molecule has 2 unspecified atom stereocenters. The highest BCUT2D eigenvalue weighted by molar-refractivity contribution is 6.01. The second-order valence-electron chi connectivity index (χ2n) is 14.1. The summed E-state index contributed by atoms with van der Waals surface area (Å²) in [6.07, 6.45) is 8.37. The molecule has 2 N–H and O–H groups in total. The van der Waals surface area contributed by atoms with Gasteiger partial charge < -0.3 is 29.7 Å². The lowest BCUT2D eigenvalue weighted by Crippen LogP contribution is -2.51. The summed E-state index contributed by atoms with van der Waals surface area (Å²) in [6, 6.07) is 6.89. The molecule has 280 valence electrons. The number of carbonyl (C=O) groups is 1. The molecule has 4 saturated heterocycles. The first kappa shape index (κ1) is 37.4. The van der Waals surface area contributed by atoms with E-state index in [4.69, 9.17) is 9.72 Å². The molecule has 1 amide bonds. The number of aromatic hydroxyl groups is 1. The fourth-order valence-corrected chi connectivity index (χ4v) is 8.36. The van der Waals surface area contributed by atoms with Crippen molar-refractivity contribution in [3.8, 4) is 23.0 Å². The standard InChI is InChI=1S/C33H36F2N6O2.C4H9NO2.C2H6/c1-2-23-26(34)8-5-19-13-22(42)14-24(27(19)23)29-28(35)30-25(15-36-29)31(40-16-20-6-7-21(17-40)37-20)39-32(38-30)43-18-33-9-3-11-41(33)12-4-10-33;1-5(2)4(6)7-3;1-2/h5,8,13-15,20-21,37,42H,2-4,6-7,9-12,16-18H2,1H3;1-3H3;1-2H3. The number of halogens is 2. The number of methoxy groups -OCH3 is 1. The summed E-state index contributed by atoms with van der Waals surface area (Å²) in [4.78, 5) is 30.4. The molecule has 0 radical (unpaired) electrons. The zero-order chi connectivity index (χ0) is 37.2. The number of pyridine rings is 1. The van der Waals surface area contributed by atoms with E-state index < -0.39 is 5.82 Å². The van der Waals surface area contributed by atoms with Gasteiger partial charge in [0.25, 0.3) is 0 Å². The van der Waals surface area contributed by atoms with Gasteiger partial charge in [-0.3, -0.25) is 9.88 Å². The van der Waals surface area contributed by atoms with Crippen molar-refractivity contribution >= 4 is 33.6 Å². The van der Waals surface area contributed by atoms with E-state index in [-0.39, 0.29) is 40.4 Å². The number of benzene rings is 2. The number of phenols is 1. The van der Waals surface area contributed by atoms with Crippen molar-refractivity contribution in [3.05, 3.63) is 47.7 Å². The lowest BCUT2D eigenvalue weighted by atomic mass is 9.94. The Labute approximate surface area is 304 Å². The molecule has 13 heteroatoms. The highest BCUT2D eigenvalue weighted by atomic mass is 19.1. The van der Waals surface area contributed by atoms with Gasteiger partial charge in [-0.2, -0.15) is 9.97 Å². The summed E-state index contributed by atoms with van der Waals surface area (Å²) in [6.45, 7) is 10.0. The normalized spacial score (nSPS) is 20.2. The van der Waals surface area contributed by atoms with E-state index in [1.165, 1.54) is 24.1 Å². The van der Waals surface area contributed by atoms with Gasteiger partial charge >= 0.3 is 12.1 Å². The van der Waals surface area contributed by atoms with Crippen LogP contribution in [-0.4, -0.2) is 108 Å². The maximum Gasteiger partial charge on any atom is 0.408 e. The molecule has 4 fully saturated rings. The van der Waals surface area contributed by atoms with Crippen LogP contribution >= 0.6 is 0 Å². The van der Waals surface area contributed by atoms with Crippen LogP contribution in [0, 0.1) is 11.6 Å². The zero-order valence-electron chi connectivity index (χ0n) is 31.1.